The minimum absolute atomic E-state index is 0.0205. The highest BCUT2D eigenvalue weighted by atomic mass is 35.5. The average molecular weight is 382 g/mol. The molecule has 0 unspecified atom stereocenters. The number of halogens is 1. The van der Waals surface area contributed by atoms with Crippen LogP contribution in [0.5, 0.6) is 0 Å². The number of carbonyl (C=O) groups excluding carboxylic acids is 1. The zero-order chi connectivity index (χ0) is 19.1. The quantitative estimate of drug-likeness (QED) is 0.244. The Morgan fingerprint density at radius 3 is 2.58 bits per heavy atom. The molecule has 1 saturated carbocycles. The smallest absolute Gasteiger partial charge is 0.357 e. The van der Waals surface area contributed by atoms with E-state index in [-0.39, 0.29) is 11.8 Å². The fraction of sp³-hybridized carbons (Fsp3) is 0.632. The molecule has 1 heterocycles. The van der Waals surface area contributed by atoms with Crippen molar-refractivity contribution >= 4 is 23.3 Å². The van der Waals surface area contributed by atoms with E-state index in [0.29, 0.717) is 23.3 Å². The molecule has 26 heavy (non-hydrogen) atoms. The van der Waals surface area contributed by atoms with Crippen molar-refractivity contribution in [1.82, 2.24) is 0 Å². The molecule has 0 spiro atoms. The van der Waals surface area contributed by atoms with Crippen molar-refractivity contribution in [1.29, 1.82) is 0 Å². The van der Waals surface area contributed by atoms with Crippen LogP contribution in [0.3, 0.4) is 0 Å². The van der Waals surface area contributed by atoms with Crippen molar-refractivity contribution in [3.8, 4) is 0 Å². The number of esters is 1. The maximum Gasteiger partial charge on any atom is 0.357 e. The van der Waals surface area contributed by atoms with Gasteiger partial charge in [-0.3, -0.25) is 10.1 Å². The third kappa shape index (κ3) is 3.71. The number of ether oxygens (including phenoxy) is 2. The van der Waals surface area contributed by atoms with Gasteiger partial charge in [0, 0.05) is 12.1 Å². The average Bonchev–Trinajstić information content (AvgIpc) is 3.30. The predicted octanol–water partition coefficient (Wildman–Crippen LogP) is 4.61. The number of alkyl halides is 1. The van der Waals surface area contributed by atoms with Crippen molar-refractivity contribution in [2.75, 3.05) is 0 Å². The van der Waals surface area contributed by atoms with Crippen LogP contribution < -0.4 is 0 Å². The first kappa shape index (κ1) is 19.1. The van der Waals surface area contributed by atoms with Gasteiger partial charge >= 0.3 is 5.97 Å². The Morgan fingerprint density at radius 2 is 2.00 bits per heavy atom. The van der Waals surface area contributed by atoms with Crippen LogP contribution in [-0.2, 0) is 14.3 Å². The number of carbonyl (C=O) groups is 1. The van der Waals surface area contributed by atoms with Gasteiger partial charge in [-0.15, -0.1) is 0 Å². The number of rotatable bonds is 5. The number of non-ortho nitro benzene ring substituents is 1. The molecule has 2 fully saturated rings. The van der Waals surface area contributed by atoms with E-state index in [1.54, 1.807) is 12.1 Å². The summed E-state index contributed by atoms with van der Waals surface area (Å²) in [5.41, 5.74) is 0.604. The Labute approximate surface area is 158 Å². The SMILES string of the molecule is CC(C)[C@@H]1CC[C@@H](C)[C@H](OC(=O)[C@@]2(Cl)O[C@@H]2c2ccc([N+](=O)[O-])cc2)C1. The van der Waals surface area contributed by atoms with E-state index in [1.807, 2.05) is 0 Å². The zero-order valence-corrected chi connectivity index (χ0v) is 15.9. The fourth-order valence-corrected chi connectivity index (χ4v) is 3.90. The van der Waals surface area contributed by atoms with E-state index < -0.39 is 22.1 Å². The van der Waals surface area contributed by atoms with E-state index in [1.165, 1.54) is 12.1 Å². The molecule has 5 atom stereocenters. The van der Waals surface area contributed by atoms with E-state index in [4.69, 9.17) is 21.1 Å². The number of nitro groups is 1. The lowest BCUT2D eigenvalue weighted by molar-refractivity contribution is -0.384. The molecular formula is C19H24ClNO5. The highest BCUT2D eigenvalue weighted by molar-refractivity contribution is 6.35. The minimum atomic E-state index is -1.53. The van der Waals surface area contributed by atoms with Crippen molar-refractivity contribution in [3.63, 3.8) is 0 Å². The highest BCUT2D eigenvalue weighted by Crippen LogP contribution is 2.54. The first-order chi connectivity index (χ1) is 12.2. The molecule has 0 radical (unpaired) electrons. The summed E-state index contributed by atoms with van der Waals surface area (Å²) in [7, 11) is 0. The molecular weight excluding hydrogens is 358 g/mol. The lowest BCUT2D eigenvalue weighted by atomic mass is 9.76. The normalized spacial score (nSPS) is 33.7. The van der Waals surface area contributed by atoms with Gasteiger partial charge in [-0.1, -0.05) is 32.4 Å². The van der Waals surface area contributed by atoms with Gasteiger partial charge in [-0.2, -0.15) is 0 Å². The van der Waals surface area contributed by atoms with Crippen LogP contribution in [0.15, 0.2) is 24.3 Å². The second-order valence-corrected chi connectivity index (χ2v) is 8.29. The molecule has 0 bridgehead atoms. The fourth-order valence-electron chi connectivity index (χ4n) is 3.64. The Kier molecular flexibility index (Phi) is 5.26. The number of benzene rings is 1. The van der Waals surface area contributed by atoms with Crippen molar-refractivity contribution in [2.24, 2.45) is 17.8 Å². The highest BCUT2D eigenvalue weighted by Gasteiger charge is 2.64. The number of hydrogen-bond acceptors (Lipinski definition) is 5. The second kappa shape index (κ2) is 7.16. The molecule has 0 N–H and O–H groups in total. The summed E-state index contributed by atoms with van der Waals surface area (Å²) in [6, 6.07) is 5.85. The van der Waals surface area contributed by atoms with Gasteiger partial charge in [0.25, 0.3) is 10.7 Å². The monoisotopic (exact) mass is 381 g/mol. The Bertz CT molecular complexity index is 692. The molecule has 1 aliphatic carbocycles. The Balaban J connectivity index is 1.64. The number of hydrogen-bond donors (Lipinski definition) is 0. The Morgan fingerprint density at radius 1 is 1.35 bits per heavy atom. The molecule has 1 aromatic carbocycles. The molecule has 6 nitrogen and oxygen atoms in total. The summed E-state index contributed by atoms with van der Waals surface area (Å²) in [5, 5.41) is 9.21. The van der Waals surface area contributed by atoms with Crippen LogP contribution in [-0.4, -0.2) is 22.1 Å². The van der Waals surface area contributed by atoms with Crippen LogP contribution in [0.4, 0.5) is 5.69 Å². The molecule has 1 aliphatic heterocycles. The van der Waals surface area contributed by atoms with E-state index >= 15 is 0 Å². The van der Waals surface area contributed by atoms with Crippen LogP contribution in [0.25, 0.3) is 0 Å². The lowest BCUT2D eigenvalue weighted by Crippen LogP contribution is -2.36. The van der Waals surface area contributed by atoms with Crippen LogP contribution in [0.1, 0.15) is 51.7 Å². The van der Waals surface area contributed by atoms with Gasteiger partial charge in [-0.25, -0.2) is 4.79 Å². The second-order valence-electron chi connectivity index (χ2n) is 7.73. The molecule has 0 amide bonds. The summed E-state index contributed by atoms with van der Waals surface area (Å²) < 4.78 is 11.1. The number of nitrogens with zero attached hydrogens (tertiary/aromatic N) is 1. The molecule has 2 aliphatic rings. The van der Waals surface area contributed by atoms with Gasteiger partial charge in [0.2, 0.25) is 0 Å². The minimum Gasteiger partial charge on any atom is -0.459 e. The van der Waals surface area contributed by atoms with Crippen LogP contribution in [0, 0.1) is 27.9 Å². The molecule has 1 aromatic rings. The first-order valence-corrected chi connectivity index (χ1v) is 9.42. The van der Waals surface area contributed by atoms with Gasteiger partial charge in [0.1, 0.15) is 12.2 Å². The summed E-state index contributed by atoms with van der Waals surface area (Å²) in [5.74, 6) is 0.828. The number of epoxide rings is 1. The van der Waals surface area contributed by atoms with E-state index in [2.05, 4.69) is 20.8 Å². The standard InChI is InChI=1S/C19H24ClNO5/c1-11(2)14-5-4-12(3)16(10-14)25-18(22)19(20)17(26-19)13-6-8-15(9-7-13)21(23)24/h6-9,11-12,14,16-17H,4-5,10H2,1-3H3/t12-,14-,16-,17-,19+/m1/s1. The van der Waals surface area contributed by atoms with Crippen LogP contribution >= 0.6 is 11.6 Å². The summed E-state index contributed by atoms with van der Waals surface area (Å²) in [4.78, 5) is 22.8. The summed E-state index contributed by atoms with van der Waals surface area (Å²) in [6.07, 6.45) is 2.24. The largest absolute Gasteiger partial charge is 0.459 e. The Hall–Kier alpha value is -1.66. The third-order valence-corrected chi connectivity index (χ3v) is 6.06. The summed E-state index contributed by atoms with van der Waals surface area (Å²) >= 11 is 6.33. The maximum absolute atomic E-state index is 12.6. The van der Waals surface area contributed by atoms with Gasteiger partial charge < -0.3 is 9.47 Å². The van der Waals surface area contributed by atoms with Crippen molar-refractivity contribution in [2.45, 2.75) is 57.3 Å². The maximum atomic E-state index is 12.6. The van der Waals surface area contributed by atoms with Gasteiger partial charge in [-0.05, 0) is 54.7 Å². The number of nitro benzene ring substituents is 1. The van der Waals surface area contributed by atoms with Crippen molar-refractivity contribution in [3.05, 3.63) is 39.9 Å². The molecule has 1 saturated heterocycles. The van der Waals surface area contributed by atoms with E-state index in [9.17, 15) is 14.9 Å². The topological polar surface area (TPSA) is 82.0 Å². The molecule has 0 aromatic heterocycles. The van der Waals surface area contributed by atoms with E-state index in [0.717, 1.165) is 19.3 Å². The van der Waals surface area contributed by atoms with Crippen LogP contribution in [0.2, 0.25) is 0 Å². The third-order valence-electron chi connectivity index (χ3n) is 5.62. The predicted molar refractivity (Wildman–Crippen MR) is 96.7 cm³/mol. The van der Waals surface area contributed by atoms with Gasteiger partial charge in [0.05, 0.1) is 4.92 Å². The molecule has 142 valence electrons. The first-order valence-electron chi connectivity index (χ1n) is 9.04. The van der Waals surface area contributed by atoms with Crippen molar-refractivity contribution < 1.29 is 19.2 Å². The lowest BCUT2D eigenvalue weighted by Gasteiger charge is -2.35. The zero-order valence-electron chi connectivity index (χ0n) is 15.2. The van der Waals surface area contributed by atoms with Gasteiger partial charge in [0.15, 0.2) is 0 Å². The molecule has 7 heteroatoms. The summed E-state index contributed by atoms with van der Waals surface area (Å²) in [6.45, 7) is 6.48. The molecule has 3 rings (SSSR count).